The summed E-state index contributed by atoms with van der Waals surface area (Å²) in [5.41, 5.74) is 2.04. The number of esters is 1. The van der Waals surface area contributed by atoms with Crippen LogP contribution in [0, 0.1) is 6.92 Å². The van der Waals surface area contributed by atoms with Gasteiger partial charge in [0.15, 0.2) is 0 Å². The molecule has 17 heavy (non-hydrogen) atoms. The minimum atomic E-state index is -0.285. The molecule has 0 amide bonds. The Morgan fingerprint density at radius 3 is 3.12 bits per heavy atom. The quantitative estimate of drug-likeness (QED) is 0.842. The van der Waals surface area contributed by atoms with Gasteiger partial charge in [0, 0.05) is 0 Å². The highest BCUT2D eigenvalue weighted by molar-refractivity contribution is 7.18. The van der Waals surface area contributed by atoms with Crippen molar-refractivity contribution in [3.63, 3.8) is 0 Å². The molecular weight excluding hydrogens is 238 g/mol. The number of anilines is 1. The van der Waals surface area contributed by atoms with Crippen molar-refractivity contribution in [2.75, 3.05) is 18.5 Å². The van der Waals surface area contributed by atoms with Gasteiger partial charge in [0.25, 0.3) is 0 Å². The zero-order chi connectivity index (χ0) is 12.3. The molecule has 0 saturated carbocycles. The van der Waals surface area contributed by atoms with Crippen LogP contribution < -0.4 is 5.32 Å². The average molecular weight is 251 g/mol. The van der Waals surface area contributed by atoms with E-state index in [-0.39, 0.29) is 12.5 Å². The summed E-state index contributed by atoms with van der Waals surface area (Å²) in [4.78, 5) is 19.6. The number of carbonyl (C=O) groups excluding carboxylic acids is 1. The van der Waals surface area contributed by atoms with Crippen LogP contribution in [0.3, 0.4) is 0 Å². The molecule has 0 radical (unpaired) electrons. The van der Waals surface area contributed by atoms with Gasteiger partial charge in [-0.15, -0.1) is 11.3 Å². The Morgan fingerprint density at radius 1 is 1.53 bits per heavy atom. The molecule has 1 N–H and O–H groups in total. The van der Waals surface area contributed by atoms with Crippen LogP contribution in [0.15, 0.2) is 11.7 Å². The molecule has 2 aromatic heterocycles. The first-order valence-corrected chi connectivity index (χ1v) is 6.18. The first kappa shape index (κ1) is 11.8. The van der Waals surface area contributed by atoms with E-state index in [1.165, 1.54) is 6.33 Å². The number of thiophene rings is 1. The van der Waals surface area contributed by atoms with Crippen molar-refractivity contribution in [1.29, 1.82) is 0 Å². The predicted octanol–water partition coefficient (Wildman–Crippen LogP) is 1.97. The number of carbonyl (C=O) groups is 1. The van der Waals surface area contributed by atoms with Crippen molar-refractivity contribution in [2.24, 2.45) is 0 Å². The maximum Gasteiger partial charge on any atom is 0.325 e. The molecular formula is C11H13N3O2S. The van der Waals surface area contributed by atoms with E-state index in [0.717, 1.165) is 15.8 Å². The SMILES string of the molecule is CCOC(=O)CNc1ncnc2c(C)csc12. The molecule has 5 nitrogen and oxygen atoms in total. The normalized spacial score (nSPS) is 10.5. The Labute approximate surface area is 103 Å². The molecule has 90 valence electrons. The molecule has 0 aliphatic heterocycles. The Kier molecular flexibility index (Phi) is 3.53. The minimum Gasteiger partial charge on any atom is -0.465 e. The number of nitrogens with one attached hydrogen (secondary N) is 1. The number of fused-ring (bicyclic) bond motifs is 1. The van der Waals surface area contributed by atoms with Crippen molar-refractivity contribution in [3.8, 4) is 0 Å². The van der Waals surface area contributed by atoms with Crippen molar-refractivity contribution in [1.82, 2.24) is 9.97 Å². The summed E-state index contributed by atoms with van der Waals surface area (Å²) in [5, 5.41) is 4.99. The monoisotopic (exact) mass is 251 g/mol. The van der Waals surface area contributed by atoms with Gasteiger partial charge in [0.05, 0.1) is 16.8 Å². The third-order valence-electron chi connectivity index (χ3n) is 2.24. The molecule has 0 unspecified atom stereocenters. The van der Waals surface area contributed by atoms with E-state index >= 15 is 0 Å². The average Bonchev–Trinajstić information content (AvgIpc) is 2.70. The first-order valence-electron chi connectivity index (χ1n) is 5.30. The molecule has 0 spiro atoms. The molecule has 6 heteroatoms. The number of hydrogen-bond donors (Lipinski definition) is 1. The van der Waals surface area contributed by atoms with Gasteiger partial charge in [0.1, 0.15) is 18.7 Å². The summed E-state index contributed by atoms with van der Waals surface area (Å²) in [6.07, 6.45) is 1.50. The zero-order valence-corrected chi connectivity index (χ0v) is 10.5. The maximum absolute atomic E-state index is 11.2. The van der Waals surface area contributed by atoms with Crippen molar-refractivity contribution < 1.29 is 9.53 Å². The third kappa shape index (κ3) is 2.52. The number of aromatic nitrogens is 2. The minimum absolute atomic E-state index is 0.122. The molecule has 2 heterocycles. The molecule has 0 fully saturated rings. The van der Waals surface area contributed by atoms with Crippen LogP contribution in [0.25, 0.3) is 10.2 Å². The van der Waals surface area contributed by atoms with Crippen molar-refractivity contribution in [2.45, 2.75) is 13.8 Å². The van der Waals surface area contributed by atoms with E-state index < -0.39 is 0 Å². The molecule has 0 aliphatic rings. The lowest BCUT2D eigenvalue weighted by molar-refractivity contribution is -0.140. The summed E-state index contributed by atoms with van der Waals surface area (Å²) in [6.45, 7) is 4.29. The molecule has 2 aromatic rings. The Morgan fingerprint density at radius 2 is 2.35 bits per heavy atom. The zero-order valence-electron chi connectivity index (χ0n) is 9.69. The van der Waals surface area contributed by atoms with Gasteiger partial charge in [-0.25, -0.2) is 9.97 Å². The molecule has 0 saturated heterocycles. The molecule has 0 aromatic carbocycles. The van der Waals surface area contributed by atoms with Crippen LogP contribution in [-0.2, 0) is 9.53 Å². The molecule has 0 aliphatic carbocycles. The van der Waals surface area contributed by atoms with Crippen molar-refractivity contribution >= 4 is 33.3 Å². The predicted molar refractivity (Wildman–Crippen MR) is 67.3 cm³/mol. The summed E-state index contributed by atoms with van der Waals surface area (Å²) in [5.74, 6) is 0.397. The number of hydrogen-bond acceptors (Lipinski definition) is 6. The van der Waals surface area contributed by atoms with Crippen LogP contribution in [0.5, 0.6) is 0 Å². The number of aryl methyl sites for hydroxylation is 1. The lowest BCUT2D eigenvalue weighted by atomic mass is 10.3. The van der Waals surface area contributed by atoms with E-state index in [0.29, 0.717) is 12.4 Å². The first-order chi connectivity index (χ1) is 8.22. The Bertz CT molecular complexity index is 538. The van der Waals surface area contributed by atoms with Crippen LogP contribution >= 0.6 is 11.3 Å². The van der Waals surface area contributed by atoms with Gasteiger partial charge in [-0.2, -0.15) is 0 Å². The second-order valence-corrected chi connectivity index (χ2v) is 4.36. The standard InChI is InChI=1S/C11H13N3O2S/c1-3-16-8(15)4-12-11-10-9(13-6-14-11)7(2)5-17-10/h5-6H,3-4H2,1-2H3,(H,12,13,14). The van der Waals surface area contributed by atoms with Crippen molar-refractivity contribution in [3.05, 3.63) is 17.3 Å². The van der Waals surface area contributed by atoms with E-state index in [1.54, 1.807) is 18.3 Å². The van der Waals surface area contributed by atoms with Crippen LogP contribution in [0.2, 0.25) is 0 Å². The number of rotatable bonds is 4. The summed E-state index contributed by atoms with van der Waals surface area (Å²) in [6, 6.07) is 0. The molecule has 2 rings (SSSR count). The lowest BCUT2D eigenvalue weighted by Gasteiger charge is -2.05. The second kappa shape index (κ2) is 5.09. The topological polar surface area (TPSA) is 64.1 Å². The molecule has 0 bridgehead atoms. The van der Waals surface area contributed by atoms with E-state index in [1.807, 2.05) is 12.3 Å². The molecule has 0 atom stereocenters. The van der Waals surface area contributed by atoms with Crippen LogP contribution in [0.1, 0.15) is 12.5 Å². The van der Waals surface area contributed by atoms with Gasteiger partial charge in [-0.1, -0.05) is 0 Å². The summed E-state index contributed by atoms with van der Waals surface area (Å²) in [7, 11) is 0. The van der Waals surface area contributed by atoms with Gasteiger partial charge in [0.2, 0.25) is 0 Å². The number of nitrogens with zero attached hydrogens (tertiary/aromatic N) is 2. The highest BCUT2D eigenvalue weighted by atomic mass is 32.1. The fourth-order valence-corrected chi connectivity index (χ4v) is 2.43. The van der Waals surface area contributed by atoms with Gasteiger partial charge >= 0.3 is 5.97 Å². The third-order valence-corrected chi connectivity index (χ3v) is 3.33. The highest BCUT2D eigenvalue weighted by Gasteiger charge is 2.09. The van der Waals surface area contributed by atoms with E-state index in [9.17, 15) is 4.79 Å². The second-order valence-electron chi connectivity index (χ2n) is 3.48. The van der Waals surface area contributed by atoms with Crippen LogP contribution in [-0.4, -0.2) is 29.1 Å². The van der Waals surface area contributed by atoms with E-state index in [4.69, 9.17) is 4.74 Å². The largest absolute Gasteiger partial charge is 0.465 e. The fourth-order valence-electron chi connectivity index (χ4n) is 1.46. The van der Waals surface area contributed by atoms with Crippen LogP contribution in [0.4, 0.5) is 5.82 Å². The van der Waals surface area contributed by atoms with Gasteiger partial charge in [-0.3, -0.25) is 4.79 Å². The maximum atomic E-state index is 11.2. The van der Waals surface area contributed by atoms with Gasteiger partial charge in [-0.05, 0) is 24.8 Å². The Balaban J connectivity index is 2.16. The summed E-state index contributed by atoms with van der Waals surface area (Å²) < 4.78 is 5.81. The number of ether oxygens (including phenoxy) is 1. The smallest absolute Gasteiger partial charge is 0.325 e. The van der Waals surface area contributed by atoms with E-state index in [2.05, 4.69) is 15.3 Å². The lowest BCUT2D eigenvalue weighted by Crippen LogP contribution is -2.17. The highest BCUT2D eigenvalue weighted by Crippen LogP contribution is 2.28. The summed E-state index contributed by atoms with van der Waals surface area (Å²) >= 11 is 1.57. The Hall–Kier alpha value is -1.69. The fraction of sp³-hybridized carbons (Fsp3) is 0.364. The van der Waals surface area contributed by atoms with Gasteiger partial charge < -0.3 is 10.1 Å².